The molecule has 178 valence electrons. The molecule has 3 aromatic rings. The van der Waals surface area contributed by atoms with Gasteiger partial charge in [-0.05, 0) is 68.1 Å². The Bertz CT molecular complexity index is 1510. The number of rotatable bonds is 4. The van der Waals surface area contributed by atoms with Crippen LogP contribution in [-0.4, -0.2) is 48.5 Å². The average Bonchev–Trinajstić information content (AvgIpc) is 3.28. The number of amides is 1. The number of sulfone groups is 1. The van der Waals surface area contributed by atoms with Gasteiger partial charge in [-0.2, -0.15) is 0 Å². The maximum Gasteiger partial charge on any atom is 0.291 e. The third-order valence-electron chi connectivity index (χ3n) is 6.72. The molecule has 2 atom stereocenters. The summed E-state index contributed by atoms with van der Waals surface area (Å²) in [6, 6.07) is 6.69. The standard InChI is InChI=1S/C25H25NO7S/c1-4-32-20-11-15(5-6-18(20)27)22-21-23(28)17-9-13(2)14(3)10-19(17)33-24(21)25(29)26(22)16-7-8-34(30,31)12-16/h5-6,9-11,16,22,27H,4,7-8,12H2,1-3H3. The molecule has 0 saturated carbocycles. The van der Waals surface area contributed by atoms with Gasteiger partial charge in [-0.3, -0.25) is 9.59 Å². The number of aromatic hydroxyl groups is 1. The first-order valence-corrected chi connectivity index (χ1v) is 13.0. The van der Waals surface area contributed by atoms with Gasteiger partial charge in [0.25, 0.3) is 5.91 Å². The Morgan fingerprint density at radius 3 is 2.56 bits per heavy atom. The molecule has 9 heteroatoms. The summed E-state index contributed by atoms with van der Waals surface area (Å²) in [6.45, 7) is 5.89. The molecule has 1 amide bonds. The minimum atomic E-state index is -3.30. The number of aryl methyl sites for hydroxylation is 2. The normalized spacial score (nSPS) is 21.3. The van der Waals surface area contributed by atoms with Crippen LogP contribution in [0.15, 0.2) is 39.5 Å². The second-order valence-corrected chi connectivity index (χ2v) is 11.2. The summed E-state index contributed by atoms with van der Waals surface area (Å²) in [5, 5.41) is 10.6. The number of carbonyl (C=O) groups excluding carboxylic acids is 1. The molecule has 2 unspecified atom stereocenters. The van der Waals surface area contributed by atoms with Gasteiger partial charge >= 0.3 is 0 Å². The van der Waals surface area contributed by atoms with Crippen molar-refractivity contribution in [2.75, 3.05) is 18.1 Å². The summed E-state index contributed by atoms with van der Waals surface area (Å²) in [5.74, 6) is -0.623. The molecule has 0 radical (unpaired) electrons. The van der Waals surface area contributed by atoms with E-state index in [0.29, 0.717) is 23.1 Å². The van der Waals surface area contributed by atoms with E-state index >= 15 is 0 Å². The van der Waals surface area contributed by atoms with E-state index in [2.05, 4.69) is 0 Å². The van der Waals surface area contributed by atoms with Crippen molar-refractivity contribution in [3.8, 4) is 11.5 Å². The monoisotopic (exact) mass is 483 g/mol. The van der Waals surface area contributed by atoms with Gasteiger partial charge in [0.15, 0.2) is 26.8 Å². The van der Waals surface area contributed by atoms with Crippen molar-refractivity contribution in [3.05, 3.63) is 68.6 Å². The first-order valence-electron chi connectivity index (χ1n) is 11.2. The van der Waals surface area contributed by atoms with E-state index in [1.165, 1.54) is 11.0 Å². The zero-order valence-electron chi connectivity index (χ0n) is 19.1. The largest absolute Gasteiger partial charge is 0.504 e. The van der Waals surface area contributed by atoms with Crippen LogP contribution in [-0.2, 0) is 9.84 Å². The maximum atomic E-state index is 13.7. The van der Waals surface area contributed by atoms with Gasteiger partial charge in [0.2, 0.25) is 5.76 Å². The molecule has 2 aliphatic rings. The fraction of sp³-hybridized carbons (Fsp3) is 0.360. The molecule has 8 nitrogen and oxygen atoms in total. The maximum absolute atomic E-state index is 13.7. The van der Waals surface area contributed by atoms with Crippen molar-refractivity contribution >= 4 is 26.7 Å². The number of hydrogen-bond acceptors (Lipinski definition) is 7. The number of benzene rings is 2. The predicted molar refractivity (Wildman–Crippen MR) is 126 cm³/mol. The summed E-state index contributed by atoms with van der Waals surface area (Å²) in [7, 11) is -3.30. The molecule has 0 spiro atoms. The van der Waals surface area contributed by atoms with Crippen molar-refractivity contribution in [2.24, 2.45) is 0 Å². The number of phenols is 1. The number of phenolic OH excluding ortho intramolecular Hbond substituents is 1. The Morgan fingerprint density at radius 2 is 1.88 bits per heavy atom. The second kappa shape index (κ2) is 7.87. The third-order valence-corrected chi connectivity index (χ3v) is 8.47. The van der Waals surface area contributed by atoms with E-state index in [1.807, 2.05) is 13.8 Å². The van der Waals surface area contributed by atoms with Crippen molar-refractivity contribution in [1.82, 2.24) is 4.90 Å². The quantitative estimate of drug-likeness (QED) is 0.606. The highest BCUT2D eigenvalue weighted by Crippen LogP contribution is 2.43. The summed E-state index contributed by atoms with van der Waals surface area (Å²) in [4.78, 5) is 28.8. The highest BCUT2D eigenvalue weighted by atomic mass is 32.2. The summed E-state index contributed by atoms with van der Waals surface area (Å²) >= 11 is 0. The van der Waals surface area contributed by atoms with Gasteiger partial charge in [0, 0.05) is 6.04 Å². The van der Waals surface area contributed by atoms with Gasteiger partial charge in [0.1, 0.15) is 5.58 Å². The Morgan fingerprint density at radius 1 is 1.15 bits per heavy atom. The minimum Gasteiger partial charge on any atom is -0.504 e. The molecule has 1 saturated heterocycles. The van der Waals surface area contributed by atoms with Crippen LogP contribution < -0.4 is 10.2 Å². The summed E-state index contributed by atoms with van der Waals surface area (Å²) in [5.41, 5.74) is 2.55. The van der Waals surface area contributed by atoms with E-state index in [1.54, 1.807) is 31.2 Å². The Kier molecular flexibility index (Phi) is 5.20. The molecule has 1 N–H and O–H groups in total. The smallest absolute Gasteiger partial charge is 0.291 e. The summed E-state index contributed by atoms with van der Waals surface area (Å²) in [6.07, 6.45) is 0.279. The van der Waals surface area contributed by atoms with Crippen LogP contribution in [0.25, 0.3) is 11.0 Å². The zero-order valence-corrected chi connectivity index (χ0v) is 19.9. The molecule has 34 heavy (non-hydrogen) atoms. The summed E-state index contributed by atoms with van der Waals surface area (Å²) < 4.78 is 36.1. The van der Waals surface area contributed by atoms with E-state index in [4.69, 9.17) is 9.15 Å². The average molecular weight is 484 g/mol. The molecule has 5 rings (SSSR count). The van der Waals surface area contributed by atoms with Crippen molar-refractivity contribution in [1.29, 1.82) is 0 Å². The first kappa shape index (κ1) is 22.5. The Labute approximate surface area is 196 Å². The van der Waals surface area contributed by atoms with Crippen LogP contribution in [0.4, 0.5) is 0 Å². The third kappa shape index (κ3) is 3.46. The Hall–Kier alpha value is -3.33. The van der Waals surface area contributed by atoms with Crippen LogP contribution in [0.1, 0.15) is 52.2 Å². The highest BCUT2D eigenvalue weighted by Gasteiger charge is 2.48. The van der Waals surface area contributed by atoms with Crippen LogP contribution in [0.2, 0.25) is 0 Å². The topological polar surface area (TPSA) is 114 Å². The predicted octanol–water partition coefficient (Wildman–Crippen LogP) is 3.25. The van der Waals surface area contributed by atoms with Crippen molar-refractivity contribution in [2.45, 2.75) is 39.3 Å². The molecule has 0 aliphatic carbocycles. The molecule has 1 aromatic heterocycles. The van der Waals surface area contributed by atoms with Crippen LogP contribution in [0, 0.1) is 13.8 Å². The highest BCUT2D eigenvalue weighted by molar-refractivity contribution is 7.91. The van der Waals surface area contributed by atoms with Crippen molar-refractivity contribution in [3.63, 3.8) is 0 Å². The lowest BCUT2D eigenvalue weighted by atomic mass is 9.96. The lowest BCUT2D eigenvalue weighted by Crippen LogP contribution is -2.40. The van der Waals surface area contributed by atoms with Gasteiger partial charge < -0.3 is 19.2 Å². The fourth-order valence-corrected chi connectivity index (χ4v) is 6.63. The van der Waals surface area contributed by atoms with E-state index in [-0.39, 0.29) is 46.2 Å². The van der Waals surface area contributed by atoms with Crippen LogP contribution in [0.5, 0.6) is 11.5 Å². The fourth-order valence-electron chi connectivity index (χ4n) is 4.92. The second-order valence-electron chi connectivity index (χ2n) is 8.94. The number of carbonyl (C=O) groups is 1. The minimum absolute atomic E-state index is 0.0218. The van der Waals surface area contributed by atoms with Gasteiger partial charge in [-0.15, -0.1) is 0 Å². The lowest BCUT2D eigenvalue weighted by molar-refractivity contribution is 0.0662. The SMILES string of the molecule is CCOc1cc(C2c3c(oc4cc(C)c(C)cc4c3=O)C(=O)N2C2CCS(=O)(=O)C2)ccc1O. The molecular weight excluding hydrogens is 458 g/mol. The van der Waals surface area contributed by atoms with E-state index in [9.17, 15) is 23.1 Å². The van der Waals surface area contributed by atoms with Gasteiger partial charge in [-0.25, -0.2) is 8.42 Å². The van der Waals surface area contributed by atoms with E-state index < -0.39 is 27.8 Å². The number of fused-ring (bicyclic) bond motifs is 2. The molecule has 1 fully saturated rings. The molecule has 2 aromatic carbocycles. The lowest BCUT2D eigenvalue weighted by Gasteiger charge is -2.30. The number of hydrogen-bond donors (Lipinski definition) is 1. The number of nitrogens with zero attached hydrogens (tertiary/aromatic N) is 1. The number of ether oxygens (including phenoxy) is 1. The molecular formula is C25H25NO7S. The zero-order chi connectivity index (χ0) is 24.4. The molecule has 0 bridgehead atoms. The van der Waals surface area contributed by atoms with Crippen LogP contribution >= 0.6 is 0 Å². The molecule has 3 heterocycles. The van der Waals surface area contributed by atoms with E-state index in [0.717, 1.165) is 11.1 Å². The Balaban J connectivity index is 1.77. The van der Waals surface area contributed by atoms with Crippen molar-refractivity contribution < 1.29 is 27.5 Å². The first-order chi connectivity index (χ1) is 16.1. The van der Waals surface area contributed by atoms with Gasteiger partial charge in [0.05, 0.1) is 35.1 Å². The molecule has 2 aliphatic heterocycles. The van der Waals surface area contributed by atoms with Crippen LogP contribution in [0.3, 0.4) is 0 Å². The van der Waals surface area contributed by atoms with Gasteiger partial charge in [-0.1, -0.05) is 6.07 Å².